The number of nitrogens with zero attached hydrogens (tertiary/aromatic N) is 5. The summed E-state index contributed by atoms with van der Waals surface area (Å²) in [5.41, 5.74) is 4.31. The molecule has 0 aliphatic carbocycles. The third-order valence-corrected chi connectivity index (χ3v) is 5.42. The van der Waals surface area contributed by atoms with Gasteiger partial charge in [0.15, 0.2) is 0 Å². The summed E-state index contributed by atoms with van der Waals surface area (Å²) in [6, 6.07) is 9.22. The molecule has 0 aliphatic heterocycles. The van der Waals surface area contributed by atoms with Gasteiger partial charge < -0.3 is 10.2 Å². The SMILES string of the molecule is C=C/C=C(\C=C/N(C)C(CC)c1ccc(F)c(C)c1)c1ccnc(Nc2cc(C)nn2C)n1. The molecule has 0 spiro atoms. The van der Waals surface area contributed by atoms with Crippen molar-refractivity contribution in [1.82, 2.24) is 24.6 Å². The van der Waals surface area contributed by atoms with Crippen LogP contribution in [0.1, 0.15) is 41.9 Å². The summed E-state index contributed by atoms with van der Waals surface area (Å²) in [6.07, 6.45) is 10.3. The molecule has 0 saturated carbocycles. The lowest BCUT2D eigenvalue weighted by Crippen LogP contribution is -2.18. The molecule has 3 aromatic rings. The van der Waals surface area contributed by atoms with Crippen molar-refractivity contribution in [2.75, 3.05) is 12.4 Å². The largest absolute Gasteiger partial charge is 0.373 e. The summed E-state index contributed by atoms with van der Waals surface area (Å²) in [4.78, 5) is 11.1. The molecule has 6 nitrogen and oxygen atoms in total. The van der Waals surface area contributed by atoms with Crippen LogP contribution in [0.3, 0.4) is 0 Å². The van der Waals surface area contributed by atoms with Crippen LogP contribution in [0, 0.1) is 19.7 Å². The second kappa shape index (κ2) is 10.7. The van der Waals surface area contributed by atoms with E-state index in [-0.39, 0.29) is 11.9 Å². The minimum atomic E-state index is -0.183. The van der Waals surface area contributed by atoms with Crippen LogP contribution in [0.4, 0.5) is 16.2 Å². The highest BCUT2D eigenvalue weighted by atomic mass is 19.1. The smallest absolute Gasteiger partial charge is 0.228 e. The molecule has 33 heavy (non-hydrogen) atoms. The number of hydrogen-bond donors (Lipinski definition) is 1. The van der Waals surface area contributed by atoms with Crippen LogP contribution < -0.4 is 5.32 Å². The van der Waals surface area contributed by atoms with Gasteiger partial charge in [0.1, 0.15) is 11.6 Å². The van der Waals surface area contributed by atoms with Crippen LogP contribution in [0.2, 0.25) is 0 Å². The number of anilines is 2. The molecule has 1 N–H and O–H groups in total. The number of hydrogen-bond acceptors (Lipinski definition) is 5. The molecule has 7 heteroatoms. The number of nitrogens with one attached hydrogen (secondary N) is 1. The molecule has 1 unspecified atom stereocenters. The van der Waals surface area contributed by atoms with E-state index in [1.165, 1.54) is 6.07 Å². The summed E-state index contributed by atoms with van der Waals surface area (Å²) < 4.78 is 15.5. The summed E-state index contributed by atoms with van der Waals surface area (Å²) in [5.74, 6) is 1.12. The first kappa shape index (κ1) is 23.9. The molecule has 3 rings (SSSR count). The Balaban J connectivity index is 1.82. The molecule has 0 fully saturated rings. The lowest BCUT2D eigenvalue weighted by molar-refractivity contribution is 0.328. The van der Waals surface area contributed by atoms with Crippen LogP contribution in [-0.2, 0) is 7.05 Å². The maximum Gasteiger partial charge on any atom is 0.228 e. The normalized spacial score (nSPS) is 12.7. The number of aryl methyl sites for hydroxylation is 3. The van der Waals surface area contributed by atoms with Crippen molar-refractivity contribution in [2.24, 2.45) is 7.05 Å². The van der Waals surface area contributed by atoms with Gasteiger partial charge in [-0.3, -0.25) is 4.68 Å². The maximum absolute atomic E-state index is 13.7. The lowest BCUT2D eigenvalue weighted by Gasteiger charge is -2.26. The van der Waals surface area contributed by atoms with E-state index in [1.807, 2.05) is 63.6 Å². The Bertz CT molecular complexity index is 1180. The predicted molar refractivity (Wildman–Crippen MR) is 133 cm³/mol. The average molecular weight is 447 g/mol. The summed E-state index contributed by atoms with van der Waals surface area (Å²) in [6.45, 7) is 9.69. The highest BCUT2D eigenvalue weighted by Crippen LogP contribution is 2.26. The first-order chi connectivity index (χ1) is 15.8. The first-order valence-corrected chi connectivity index (χ1v) is 10.9. The van der Waals surface area contributed by atoms with Crippen molar-refractivity contribution < 1.29 is 4.39 Å². The van der Waals surface area contributed by atoms with Gasteiger partial charge in [0.25, 0.3) is 0 Å². The number of rotatable bonds is 9. The number of benzene rings is 1. The Morgan fingerprint density at radius 1 is 1.27 bits per heavy atom. The molecule has 0 amide bonds. The molecule has 0 saturated heterocycles. The van der Waals surface area contributed by atoms with Crippen LogP contribution in [0.15, 0.2) is 67.5 Å². The first-order valence-electron chi connectivity index (χ1n) is 10.9. The van der Waals surface area contributed by atoms with Crippen molar-refractivity contribution in [2.45, 2.75) is 33.2 Å². The van der Waals surface area contributed by atoms with E-state index in [4.69, 9.17) is 0 Å². The molecule has 0 aliphatic rings. The molecule has 1 aromatic carbocycles. The quantitative estimate of drug-likeness (QED) is 0.416. The molecule has 2 aromatic heterocycles. The Labute approximate surface area is 195 Å². The zero-order valence-corrected chi connectivity index (χ0v) is 19.9. The second-order valence-electron chi connectivity index (χ2n) is 7.96. The Hall–Kier alpha value is -3.74. The van der Waals surface area contributed by atoms with Gasteiger partial charge in [-0.05, 0) is 55.8 Å². The van der Waals surface area contributed by atoms with E-state index in [9.17, 15) is 4.39 Å². The zero-order valence-electron chi connectivity index (χ0n) is 19.9. The van der Waals surface area contributed by atoms with Gasteiger partial charge >= 0.3 is 0 Å². The topological polar surface area (TPSA) is 58.9 Å². The fourth-order valence-electron chi connectivity index (χ4n) is 3.71. The van der Waals surface area contributed by atoms with E-state index in [2.05, 4.69) is 38.8 Å². The third-order valence-electron chi connectivity index (χ3n) is 5.42. The average Bonchev–Trinajstić information content (AvgIpc) is 3.10. The molecule has 172 valence electrons. The minimum Gasteiger partial charge on any atom is -0.373 e. The molecular formula is C26H31FN6. The lowest BCUT2D eigenvalue weighted by atomic mass is 10.0. The standard InChI is InChI=1S/C26H31FN6/c1-7-9-20(13-15-32(5)24(8-2)21-10-11-22(27)18(3)16-21)23-12-14-28-26(29-23)30-25-17-19(4)31-33(25)6/h7,9-17,24H,1,8H2,2-6H3,(H,28,29,30)/b15-13-,20-9+. The van der Waals surface area contributed by atoms with Crippen molar-refractivity contribution in [3.05, 3.63) is 95.9 Å². The number of halogens is 1. The highest BCUT2D eigenvalue weighted by molar-refractivity contribution is 5.73. The fourth-order valence-corrected chi connectivity index (χ4v) is 3.71. The van der Waals surface area contributed by atoms with Gasteiger partial charge in [0, 0.05) is 31.9 Å². The van der Waals surface area contributed by atoms with Crippen LogP contribution >= 0.6 is 0 Å². The van der Waals surface area contributed by atoms with Crippen molar-refractivity contribution in [3.63, 3.8) is 0 Å². The zero-order chi connectivity index (χ0) is 24.0. The third kappa shape index (κ3) is 5.94. The molecule has 0 bridgehead atoms. The second-order valence-corrected chi connectivity index (χ2v) is 7.96. The summed E-state index contributed by atoms with van der Waals surface area (Å²) in [7, 11) is 3.89. The molecule has 1 atom stereocenters. The van der Waals surface area contributed by atoms with E-state index in [0.29, 0.717) is 11.5 Å². The van der Waals surface area contributed by atoms with E-state index in [1.54, 1.807) is 23.9 Å². The summed E-state index contributed by atoms with van der Waals surface area (Å²) in [5, 5.41) is 7.55. The van der Waals surface area contributed by atoms with Crippen molar-refractivity contribution >= 4 is 17.3 Å². The molecule has 0 radical (unpaired) electrons. The van der Waals surface area contributed by atoms with Crippen LogP contribution in [-0.4, -0.2) is 31.7 Å². The van der Waals surface area contributed by atoms with Gasteiger partial charge in [-0.1, -0.05) is 37.8 Å². The summed E-state index contributed by atoms with van der Waals surface area (Å²) >= 11 is 0. The van der Waals surface area contributed by atoms with E-state index in [0.717, 1.165) is 34.8 Å². The maximum atomic E-state index is 13.7. The van der Waals surface area contributed by atoms with Gasteiger partial charge in [0.2, 0.25) is 5.95 Å². The van der Waals surface area contributed by atoms with Crippen LogP contribution in [0.5, 0.6) is 0 Å². The number of allylic oxidation sites excluding steroid dienone is 4. The predicted octanol–water partition coefficient (Wildman–Crippen LogP) is 5.88. The van der Waals surface area contributed by atoms with Crippen molar-refractivity contribution in [1.29, 1.82) is 0 Å². The van der Waals surface area contributed by atoms with Gasteiger partial charge in [0.05, 0.1) is 17.4 Å². The number of aromatic nitrogens is 4. The fraction of sp³-hybridized carbons (Fsp3) is 0.269. The Morgan fingerprint density at radius 2 is 2.06 bits per heavy atom. The van der Waals surface area contributed by atoms with E-state index >= 15 is 0 Å². The van der Waals surface area contributed by atoms with E-state index < -0.39 is 0 Å². The van der Waals surface area contributed by atoms with Crippen LogP contribution in [0.25, 0.3) is 5.57 Å². The van der Waals surface area contributed by atoms with Gasteiger partial charge in [-0.25, -0.2) is 14.4 Å². The molecular weight excluding hydrogens is 415 g/mol. The minimum absolute atomic E-state index is 0.126. The van der Waals surface area contributed by atoms with Gasteiger partial charge in [-0.15, -0.1) is 0 Å². The van der Waals surface area contributed by atoms with Gasteiger partial charge in [-0.2, -0.15) is 5.10 Å². The monoisotopic (exact) mass is 446 g/mol. The Kier molecular flexibility index (Phi) is 7.77. The molecule has 2 heterocycles. The highest BCUT2D eigenvalue weighted by Gasteiger charge is 2.14. The Morgan fingerprint density at radius 3 is 2.70 bits per heavy atom. The van der Waals surface area contributed by atoms with Crippen molar-refractivity contribution in [3.8, 4) is 0 Å².